The highest BCUT2D eigenvalue weighted by atomic mass is 16.5. The molecule has 2 nitrogen and oxygen atoms in total. The molecule has 1 unspecified atom stereocenters. The van der Waals surface area contributed by atoms with Gasteiger partial charge in [-0.2, -0.15) is 0 Å². The minimum Gasteiger partial charge on any atom is -0.493 e. The largest absolute Gasteiger partial charge is 0.493 e. The minimum absolute atomic E-state index is 0.204. The minimum atomic E-state index is 0.204. The highest BCUT2D eigenvalue weighted by molar-refractivity contribution is 5.41. The van der Waals surface area contributed by atoms with Crippen molar-refractivity contribution < 1.29 is 4.74 Å². The molecule has 0 fully saturated rings. The highest BCUT2D eigenvalue weighted by Gasteiger charge is 2.10. The van der Waals surface area contributed by atoms with Crippen LogP contribution in [0.15, 0.2) is 30.4 Å². The Kier molecular flexibility index (Phi) is 5.93. The topological polar surface area (TPSA) is 35.2 Å². The summed E-state index contributed by atoms with van der Waals surface area (Å²) in [6.07, 6.45) is 2.76. The number of aryl methyl sites for hydroxylation is 1. The van der Waals surface area contributed by atoms with E-state index in [4.69, 9.17) is 10.5 Å². The van der Waals surface area contributed by atoms with Gasteiger partial charge in [-0.1, -0.05) is 30.7 Å². The molecule has 0 radical (unpaired) electrons. The van der Waals surface area contributed by atoms with E-state index in [2.05, 4.69) is 38.6 Å². The molecule has 0 aromatic heterocycles. The molecule has 0 aliphatic heterocycles. The first kappa shape index (κ1) is 14.8. The third-order valence-corrected chi connectivity index (χ3v) is 3.08. The normalized spacial score (nSPS) is 12.2. The Morgan fingerprint density at radius 2 is 2.17 bits per heavy atom. The molecule has 1 aromatic rings. The Bertz CT molecular complexity index is 398. The summed E-state index contributed by atoms with van der Waals surface area (Å²) < 4.78 is 5.91. The lowest BCUT2D eigenvalue weighted by Crippen LogP contribution is -2.22. The van der Waals surface area contributed by atoms with Crippen LogP contribution < -0.4 is 10.5 Å². The molecule has 1 rings (SSSR count). The highest BCUT2D eigenvalue weighted by Crippen LogP contribution is 2.25. The van der Waals surface area contributed by atoms with Gasteiger partial charge in [0, 0.05) is 12.5 Å². The summed E-state index contributed by atoms with van der Waals surface area (Å²) in [5.74, 6) is 1.00. The van der Waals surface area contributed by atoms with E-state index in [1.165, 1.54) is 11.1 Å². The number of rotatable bonds is 7. The SMILES string of the molecule is C=C(C)CCOc1c(C)cccc1CC(N)CC. The molecule has 18 heavy (non-hydrogen) atoms. The van der Waals surface area contributed by atoms with Crippen molar-refractivity contribution in [3.63, 3.8) is 0 Å². The summed E-state index contributed by atoms with van der Waals surface area (Å²) in [7, 11) is 0. The van der Waals surface area contributed by atoms with Crippen LogP contribution in [0.5, 0.6) is 5.75 Å². The molecule has 0 saturated carbocycles. The van der Waals surface area contributed by atoms with Crippen molar-refractivity contribution in [2.24, 2.45) is 5.73 Å². The molecule has 0 aliphatic carbocycles. The summed E-state index contributed by atoms with van der Waals surface area (Å²) in [4.78, 5) is 0. The van der Waals surface area contributed by atoms with Gasteiger partial charge in [0.1, 0.15) is 5.75 Å². The number of hydrogen-bond donors (Lipinski definition) is 1. The van der Waals surface area contributed by atoms with E-state index < -0.39 is 0 Å². The van der Waals surface area contributed by atoms with E-state index in [0.717, 1.165) is 30.6 Å². The van der Waals surface area contributed by atoms with E-state index in [1.807, 2.05) is 6.92 Å². The van der Waals surface area contributed by atoms with Crippen LogP contribution in [0.3, 0.4) is 0 Å². The van der Waals surface area contributed by atoms with Gasteiger partial charge in [-0.25, -0.2) is 0 Å². The van der Waals surface area contributed by atoms with E-state index in [1.54, 1.807) is 0 Å². The maximum Gasteiger partial charge on any atom is 0.125 e. The maximum atomic E-state index is 6.03. The first-order valence-corrected chi connectivity index (χ1v) is 6.65. The van der Waals surface area contributed by atoms with Gasteiger partial charge in [0.25, 0.3) is 0 Å². The first-order chi connectivity index (χ1) is 8.54. The van der Waals surface area contributed by atoms with Gasteiger partial charge in [0.05, 0.1) is 6.61 Å². The third kappa shape index (κ3) is 4.53. The van der Waals surface area contributed by atoms with Crippen LogP contribution in [0.1, 0.15) is 37.8 Å². The fraction of sp³-hybridized carbons (Fsp3) is 0.500. The summed E-state index contributed by atoms with van der Waals surface area (Å²) >= 11 is 0. The fourth-order valence-corrected chi connectivity index (χ4v) is 1.83. The second kappa shape index (κ2) is 7.22. The molecular formula is C16H25NO. The Balaban J connectivity index is 2.76. The van der Waals surface area contributed by atoms with Crippen molar-refractivity contribution in [1.82, 2.24) is 0 Å². The van der Waals surface area contributed by atoms with Crippen molar-refractivity contribution in [3.8, 4) is 5.75 Å². The monoisotopic (exact) mass is 247 g/mol. The molecule has 0 bridgehead atoms. The smallest absolute Gasteiger partial charge is 0.125 e. The lowest BCUT2D eigenvalue weighted by molar-refractivity contribution is 0.315. The van der Waals surface area contributed by atoms with Crippen molar-refractivity contribution in [1.29, 1.82) is 0 Å². The van der Waals surface area contributed by atoms with Crippen molar-refractivity contribution in [2.75, 3.05) is 6.61 Å². The number of hydrogen-bond acceptors (Lipinski definition) is 2. The van der Waals surface area contributed by atoms with Crippen molar-refractivity contribution in [2.45, 2.75) is 46.1 Å². The Morgan fingerprint density at radius 1 is 1.44 bits per heavy atom. The predicted octanol–water partition coefficient (Wildman–Crippen LogP) is 3.62. The van der Waals surface area contributed by atoms with Gasteiger partial charge < -0.3 is 10.5 Å². The van der Waals surface area contributed by atoms with Crippen LogP contribution in [0.25, 0.3) is 0 Å². The molecule has 1 atom stereocenters. The summed E-state index contributed by atoms with van der Waals surface area (Å²) in [6, 6.07) is 6.46. The third-order valence-electron chi connectivity index (χ3n) is 3.08. The van der Waals surface area contributed by atoms with Gasteiger partial charge in [-0.3, -0.25) is 0 Å². The summed E-state index contributed by atoms with van der Waals surface area (Å²) in [6.45, 7) is 10.8. The van der Waals surface area contributed by atoms with E-state index >= 15 is 0 Å². The molecule has 0 aliphatic rings. The molecule has 0 heterocycles. The zero-order valence-electron chi connectivity index (χ0n) is 11.8. The second-order valence-corrected chi connectivity index (χ2v) is 4.99. The zero-order chi connectivity index (χ0) is 13.5. The fourth-order valence-electron chi connectivity index (χ4n) is 1.83. The number of ether oxygens (including phenoxy) is 1. The number of nitrogens with two attached hydrogens (primary N) is 1. The van der Waals surface area contributed by atoms with Gasteiger partial charge in [0.15, 0.2) is 0 Å². The molecule has 0 saturated heterocycles. The zero-order valence-corrected chi connectivity index (χ0v) is 11.8. The lowest BCUT2D eigenvalue weighted by Gasteiger charge is -2.16. The summed E-state index contributed by atoms with van der Waals surface area (Å²) in [5.41, 5.74) is 9.57. The molecule has 1 aromatic carbocycles. The van der Waals surface area contributed by atoms with Gasteiger partial charge >= 0.3 is 0 Å². The number of benzene rings is 1. The lowest BCUT2D eigenvalue weighted by atomic mass is 10.0. The quantitative estimate of drug-likeness (QED) is 0.747. The van der Waals surface area contributed by atoms with Crippen LogP contribution in [0.4, 0.5) is 0 Å². The van der Waals surface area contributed by atoms with Crippen molar-refractivity contribution in [3.05, 3.63) is 41.5 Å². The van der Waals surface area contributed by atoms with Crippen LogP contribution in [0.2, 0.25) is 0 Å². The van der Waals surface area contributed by atoms with E-state index in [-0.39, 0.29) is 6.04 Å². The standard InChI is InChI=1S/C16H25NO/c1-5-15(17)11-14-8-6-7-13(4)16(14)18-10-9-12(2)3/h6-8,15H,2,5,9-11,17H2,1,3-4H3. The van der Waals surface area contributed by atoms with Gasteiger partial charge in [-0.15, -0.1) is 6.58 Å². The van der Waals surface area contributed by atoms with Gasteiger partial charge in [0.2, 0.25) is 0 Å². The Labute approximate surface area is 111 Å². The predicted molar refractivity (Wildman–Crippen MR) is 78.1 cm³/mol. The average Bonchev–Trinajstić information content (AvgIpc) is 2.32. The molecule has 0 amide bonds. The number of para-hydroxylation sites is 1. The van der Waals surface area contributed by atoms with E-state index in [0.29, 0.717) is 6.61 Å². The van der Waals surface area contributed by atoms with Crippen LogP contribution in [-0.4, -0.2) is 12.6 Å². The van der Waals surface area contributed by atoms with Crippen molar-refractivity contribution >= 4 is 0 Å². The molecule has 0 spiro atoms. The maximum absolute atomic E-state index is 6.03. The van der Waals surface area contributed by atoms with E-state index in [9.17, 15) is 0 Å². The Morgan fingerprint density at radius 3 is 2.78 bits per heavy atom. The second-order valence-electron chi connectivity index (χ2n) is 4.99. The summed E-state index contributed by atoms with van der Waals surface area (Å²) in [5, 5.41) is 0. The first-order valence-electron chi connectivity index (χ1n) is 6.65. The van der Waals surface area contributed by atoms with Crippen LogP contribution in [0, 0.1) is 6.92 Å². The van der Waals surface area contributed by atoms with Crippen LogP contribution in [-0.2, 0) is 6.42 Å². The molecule has 100 valence electrons. The molecule has 2 N–H and O–H groups in total. The van der Waals surface area contributed by atoms with Gasteiger partial charge in [-0.05, 0) is 37.8 Å². The molecule has 2 heteroatoms. The Hall–Kier alpha value is -1.28. The molecular weight excluding hydrogens is 222 g/mol. The van der Waals surface area contributed by atoms with Crippen LogP contribution >= 0.6 is 0 Å². The average molecular weight is 247 g/mol.